The zero-order valence-electron chi connectivity index (χ0n) is 18.7. The van der Waals surface area contributed by atoms with Crippen LogP contribution in [0.25, 0.3) is 16.8 Å². The van der Waals surface area contributed by atoms with Gasteiger partial charge in [-0.05, 0) is 32.0 Å². The molecule has 0 bridgehead atoms. The number of rotatable bonds is 3. The van der Waals surface area contributed by atoms with Gasteiger partial charge in [0.2, 0.25) is 5.91 Å². The Balaban J connectivity index is 1.86. The maximum Gasteiger partial charge on any atom is 0.418 e. The highest BCUT2D eigenvalue weighted by Crippen LogP contribution is 2.39. The third-order valence-electron chi connectivity index (χ3n) is 5.95. The molecule has 4 heterocycles. The maximum absolute atomic E-state index is 13.7. The number of fused-ring (bicyclic) bond motifs is 1. The van der Waals surface area contributed by atoms with E-state index < -0.39 is 29.2 Å². The second-order valence-corrected chi connectivity index (χ2v) is 8.42. The maximum atomic E-state index is 13.7. The van der Waals surface area contributed by atoms with Gasteiger partial charge < -0.3 is 10.6 Å². The Labute approximate surface area is 192 Å². The van der Waals surface area contributed by atoms with Crippen LogP contribution in [0, 0.1) is 0 Å². The van der Waals surface area contributed by atoms with Crippen molar-refractivity contribution in [3.8, 4) is 11.3 Å². The molecule has 2 amide bonds. The molecule has 2 N–H and O–H groups in total. The average Bonchev–Trinajstić information content (AvgIpc) is 3.17. The van der Waals surface area contributed by atoms with Gasteiger partial charge in [-0.15, -0.1) is 6.58 Å². The predicted molar refractivity (Wildman–Crippen MR) is 119 cm³/mol. The van der Waals surface area contributed by atoms with Crippen LogP contribution in [0.3, 0.4) is 0 Å². The first-order chi connectivity index (χ1) is 15.9. The molecule has 0 aliphatic carbocycles. The van der Waals surface area contributed by atoms with Crippen molar-refractivity contribution in [2.45, 2.75) is 38.5 Å². The van der Waals surface area contributed by atoms with Gasteiger partial charge in [-0.2, -0.15) is 18.3 Å². The molecular weight excluding hydrogens is 451 g/mol. The summed E-state index contributed by atoms with van der Waals surface area (Å²) in [7, 11) is 0. The number of hydrogen-bond acceptors (Lipinski definition) is 6. The van der Waals surface area contributed by atoms with Crippen LogP contribution in [-0.4, -0.2) is 54.4 Å². The summed E-state index contributed by atoms with van der Waals surface area (Å²) in [5, 5.41) is 3.96. The van der Waals surface area contributed by atoms with Crippen LogP contribution in [0.15, 0.2) is 43.4 Å². The Morgan fingerprint density at radius 2 is 2.00 bits per heavy atom. The molecule has 1 atom stereocenters. The van der Waals surface area contributed by atoms with Crippen molar-refractivity contribution >= 4 is 29.0 Å². The summed E-state index contributed by atoms with van der Waals surface area (Å²) in [6.07, 6.45) is -0.705. The van der Waals surface area contributed by atoms with E-state index >= 15 is 0 Å². The summed E-state index contributed by atoms with van der Waals surface area (Å²) >= 11 is 0. The number of nitrogens with two attached hydrogens (primary N) is 1. The van der Waals surface area contributed by atoms with Gasteiger partial charge >= 0.3 is 6.18 Å². The lowest BCUT2D eigenvalue weighted by Crippen LogP contribution is -2.67. The Morgan fingerprint density at radius 1 is 1.29 bits per heavy atom. The monoisotopic (exact) mass is 473 g/mol. The van der Waals surface area contributed by atoms with Crippen LogP contribution in [0.5, 0.6) is 0 Å². The first-order valence-electron chi connectivity index (χ1n) is 10.3. The van der Waals surface area contributed by atoms with Gasteiger partial charge in [0.25, 0.3) is 5.91 Å². The second kappa shape index (κ2) is 7.82. The molecule has 3 aromatic rings. The molecule has 3 aromatic heterocycles. The van der Waals surface area contributed by atoms with Crippen molar-refractivity contribution in [3.63, 3.8) is 0 Å². The zero-order chi connectivity index (χ0) is 25.0. The van der Waals surface area contributed by atoms with Gasteiger partial charge in [0.1, 0.15) is 23.2 Å². The number of aromatic nitrogens is 4. The molecule has 4 rings (SSSR count). The predicted octanol–water partition coefficient (Wildman–Crippen LogP) is 2.92. The van der Waals surface area contributed by atoms with Gasteiger partial charge in [-0.1, -0.05) is 6.08 Å². The van der Waals surface area contributed by atoms with E-state index in [0.717, 1.165) is 16.9 Å². The van der Waals surface area contributed by atoms with E-state index in [2.05, 4.69) is 21.6 Å². The quantitative estimate of drug-likeness (QED) is 0.586. The average molecular weight is 473 g/mol. The molecule has 178 valence electrons. The highest BCUT2D eigenvalue weighted by molar-refractivity contribution is 6.03. The fourth-order valence-electron chi connectivity index (χ4n) is 4.23. The smallest absolute Gasteiger partial charge is 0.382 e. The molecule has 1 fully saturated rings. The normalized spacial score (nSPS) is 18.4. The first-order valence-corrected chi connectivity index (χ1v) is 10.3. The van der Waals surface area contributed by atoms with Crippen molar-refractivity contribution in [2.24, 2.45) is 0 Å². The van der Waals surface area contributed by atoms with Gasteiger partial charge in [0, 0.05) is 25.2 Å². The van der Waals surface area contributed by atoms with E-state index in [-0.39, 0.29) is 35.3 Å². The molecule has 0 aromatic carbocycles. The van der Waals surface area contributed by atoms with Crippen LogP contribution in [-0.2, 0) is 15.8 Å². The van der Waals surface area contributed by atoms with E-state index in [0.29, 0.717) is 5.56 Å². The molecule has 0 spiro atoms. The topological polar surface area (TPSA) is 110 Å². The molecule has 0 unspecified atom stereocenters. The van der Waals surface area contributed by atoms with Crippen molar-refractivity contribution in [1.29, 1.82) is 0 Å². The second-order valence-electron chi connectivity index (χ2n) is 8.42. The fourth-order valence-corrected chi connectivity index (χ4v) is 4.23. The summed E-state index contributed by atoms with van der Waals surface area (Å²) < 4.78 is 42.2. The van der Waals surface area contributed by atoms with E-state index in [4.69, 9.17) is 5.73 Å². The van der Waals surface area contributed by atoms with Crippen molar-refractivity contribution in [1.82, 2.24) is 24.5 Å². The number of alkyl halides is 3. The number of carbonyl (C=O) groups excluding carboxylic acids is 2. The van der Waals surface area contributed by atoms with E-state index in [1.165, 1.54) is 41.1 Å². The minimum Gasteiger partial charge on any atom is -0.382 e. The molecule has 12 heteroatoms. The van der Waals surface area contributed by atoms with Crippen LogP contribution < -0.4 is 10.6 Å². The minimum atomic E-state index is -4.69. The molecule has 0 radical (unpaired) electrons. The third-order valence-corrected chi connectivity index (χ3v) is 5.95. The molecule has 1 saturated heterocycles. The van der Waals surface area contributed by atoms with E-state index in [9.17, 15) is 22.8 Å². The minimum absolute atomic E-state index is 0.101. The number of amides is 2. The highest BCUT2D eigenvalue weighted by atomic mass is 19.4. The van der Waals surface area contributed by atoms with Crippen LogP contribution in [0.4, 0.5) is 24.8 Å². The van der Waals surface area contributed by atoms with Crippen molar-refractivity contribution < 1.29 is 22.8 Å². The number of anilines is 2. The number of nitrogens with zero attached hydrogens (tertiary/aromatic N) is 6. The number of hydrogen-bond donors (Lipinski definition) is 1. The SMILES string of the molecule is C=C[C@H]1CN(C(C)=O)C(C)(C)C(=O)N1c1cc(-c2cc(C(F)(F)F)c3c(N)ncnn23)ccn1. The molecule has 1 aliphatic heterocycles. The van der Waals surface area contributed by atoms with Gasteiger partial charge in [-0.25, -0.2) is 14.5 Å². The summed E-state index contributed by atoms with van der Waals surface area (Å²) in [4.78, 5) is 36.4. The van der Waals surface area contributed by atoms with Crippen molar-refractivity contribution in [3.05, 3.63) is 48.9 Å². The summed E-state index contributed by atoms with van der Waals surface area (Å²) in [5.74, 6) is -0.768. The molecule has 0 saturated carbocycles. The van der Waals surface area contributed by atoms with Crippen LogP contribution in [0.1, 0.15) is 26.3 Å². The number of piperazine rings is 1. The van der Waals surface area contributed by atoms with Gasteiger partial charge in [0.05, 0.1) is 17.3 Å². The summed E-state index contributed by atoms with van der Waals surface area (Å²) in [6.45, 7) is 8.61. The molecule has 9 nitrogen and oxygen atoms in total. The van der Waals surface area contributed by atoms with Crippen LogP contribution in [0.2, 0.25) is 0 Å². The molecule has 1 aliphatic rings. The summed E-state index contributed by atoms with van der Waals surface area (Å²) in [5.41, 5.74) is 3.67. The Bertz CT molecular complexity index is 1320. The van der Waals surface area contributed by atoms with Crippen LogP contribution >= 0.6 is 0 Å². The number of carbonyl (C=O) groups is 2. The Hall–Kier alpha value is -3.96. The van der Waals surface area contributed by atoms with Gasteiger partial charge in [-0.3, -0.25) is 14.5 Å². The van der Waals surface area contributed by atoms with Gasteiger partial charge in [0.15, 0.2) is 5.82 Å². The largest absolute Gasteiger partial charge is 0.418 e. The lowest BCUT2D eigenvalue weighted by Gasteiger charge is -2.48. The van der Waals surface area contributed by atoms with E-state index in [1.807, 2.05) is 0 Å². The molecular formula is C22H22F3N7O2. The number of nitrogen functional groups attached to an aromatic ring is 1. The van der Waals surface area contributed by atoms with Crippen molar-refractivity contribution in [2.75, 3.05) is 17.2 Å². The lowest BCUT2D eigenvalue weighted by molar-refractivity contribution is -0.146. The highest BCUT2D eigenvalue weighted by Gasteiger charge is 2.47. The van der Waals surface area contributed by atoms with E-state index in [1.54, 1.807) is 13.8 Å². The Kier molecular flexibility index (Phi) is 5.34. The zero-order valence-corrected chi connectivity index (χ0v) is 18.7. The fraction of sp³-hybridized carbons (Fsp3) is 0.318. The third kappa shape index (κ3) is 3.55. The lowest BCUT2D eigenvalue weighted by atomic mass is 9.93. The standard InChI is InChI=1S/C22H22F3N7O2/c1-5-14-10-30(12(2)33)21(3,4)20(34)31(14)17-8-13(6-7-27-17)16-9-15(22(23,24)25)18-19(26)28-11-29-32(16)18/h5-9,11,14H,1,10H2,2-4H3,(H2,26,28,29)/t14-/m0/s1. The Morgan fingerprint density at radius 3 is 2.62 bits per heavy atom. The number of pyridine rings is 1. The first kappa shape index (κ1) is 23.2. The summed E-state index contributed by atoms with van der Waals surface area (Å²) in [6, 6.07) is 3.35. The molecule has 34 heavy (non-hydrogen) atoms. The number of halogens is 3.